The van der Waals surface area contributed by atoms with E-state index in [1.807, 2.05) is 13.0 Å². The molecule has 0 heterocycles. The second kappa shape index (κ2) is 4.15. The molecule has 1 saturated carbocycles. The van der Waals surface area contributed by atoms with Gasteiger partial charge in [0, 0.05) is 28.0 Å². The predicted octanol–water partition coefficient (Wildman–Crippen LogP) is 4.22. The van der Waals surface area contributed by atoms with Crippen molar-refractivity contribution in [1.29, 1.82) is 5.41 Å². The molecule has 0 bridgehead atoms. The molecule has 0 saturated heterocycles. The van der Waals surface area contributed by atoms with E-state index in [2.05, 4.69) is 39.6 Å². The zero-order valence-corrected chi connectivity index (χ0v) is 11.4. The monoisotopic (exact) mass is 220 g/mol. The second-order valence-corrected chi connectivity index (χ2v) is 6.21. The molecule has 2 heteroatoms. The summed E-state index contributed by atoms with van der Waals surface area (Å²) in [6.45, 7) is 12.5. The van der Waals surface area contributed by atoms with Gasteiger partial charge in [-0.1, -0.05) is 27.7 Å². The molecule has 1 aliphatic rings. The molecule has 1 N–H and O–H groups in total. The predicted molar refractivity (Wildman–Crippen MR) is 71.4 cm³/mol. The van der Waals surface area contributed by atoms with Gasteiger partial charge in [-0.15, -0.1) is 0 Å². The van der Waals surface area contributed by atoms with E-state index in [0.717, 1.165) is 5.70 Å². The molecule has 0 radical (unpaired) electrons. The summed E-state index contributed by atoms with van der Waals surface area (Å²) < 4.78 is 0. The molecule has 0 aromatic heterocycles. The summed E-state index contributed by atoms with van der Waals surface area (Å²) in [6.07, 6.45) is 4.40. The summed E-state index contributed by atoms with van der Waals surface area (Å²) >= 11 is 0. The molecule has 90 valence electrons. The van der Waals surface area contributed by atoms with Crippen LogP contribution in [0.3, 0.4) is 0 Å². The molecule has 0 atom stereocenters. The van der Waals surface area contributed by atoms with Crippen molar-refractivity contribution in [2.24, 2.45) is 15.8 Å². The van der Waals surface area contributed by atoms with Crippen LogP contribution in [0.25, 0.3) is 0 Å². The van der Waals surface area contributed by atoms with Crippen LogP contribution in [0.2, 0.25) is 0 Å². The topological polar surface area (TPSA) is 36.2 Å². The number of nitrogens with zero attached hydrogens (tertiary/aromatic N) is 1. The largest absolute Gasteiger partial charge is 0.305 e. The lowest BCUT2D eigenvalue weighted by molar-refractivity contribution is 0.590. The average molecular weight is 220 g/mol. The first-order chi connectivity index (χ1) is 7.15. The first-order valence-corrected chi connectivity index (χ1v) is 5.98. The lowest BCUT2D eigenvalue weighted by Gasteiger charge is -2.17. The van der Waals surface area contributed by atoms with E-state index in [9.17, 15) is 0 Å². The SMILES string of the molecule is CC(=C/C(=N)C(C)(C)C)/N=C(\C)C1(C)CC1. The second-order valence-electron chi connectivity index (χ2n) is 6.21. The third-order valence-electron chi connectivity index (χ3n) is 3.38. The Morgan fingerprint density at radius 3 is 2.12 bits per heavy atom. The van der Waals surface area contributed by atoms with Crippen molar-refractivity contribution in [3.8, 4) is 0 Å². The standard InChI is InChI=1S/C14H24N2/c1-10(9-12(15)13(3,4)5)16-11(2)14(6)7-8-14/h9,15H,7-8H2,1-6H3/b10-9-,15-12?,16-11+. The highest BCUT2D eigenvalue weighted by atomic mass is 14.8. The molecule has 0 unspecified atom stereocenters. The molecule has 1 aliphatic carbocycles. The Hall–Kier alpha value is -0.920. The average Bonchev–Trinajstić information content (AvgIpc) is 2.82. The first-order valence-electron chi connectivity index (χ1n) is 5.98. The summed E-state index contributed by atoms with van der Waals surface area (Å²) in [4.78, 5) is 4.60. The molecular weight excluding hydrogens is 196 g/mol. The molecule has 0 aliphatic heterocycles. The molecule has 16 heavy (non-hydrogen) atoms. The summed E-state index contributed by atoms with van der Waals surface area (Å²) in [5, 5.41) is 7.94. The van der Waals surface area contributed by atoms with Crippen molar-refractivity contribution in [2.45, 2.75) is 54.4 Å². The van der Waals surface area contributed by atoms with Gasteiger partial charge in [0.1, 0.15) is 0 Å². The molecule has 2 nitrogen and oxygen atoms in total. The zero-order valence-electron chi connectivity index (χ0n) is 11.4. The van der Waals surface area contributed by atoms with Gasteiger partial charge in [0.05, 0.1) is 0 Å². The van der Waals surface area contributed by atoms with Gasteiger partial charge in [-0.25, -0.2) is 0 Å². The van der Waals surface area contributed by atoms with Crippen molar-refractivity contribution >= 4 is 11.4 Å². The van der Waals surface area contributed by atoms with Crippen LogP contribution in [-0.4, -0.2) is 11.4 Å². The van der Waals surface area contributed by atoms with Gasteiger partial charge in [0.15, 0.2) is 0 Å². The molecule has 1 fully saturated rings. The van der Waals surface area contributed by atoms with Crippen molar-refractivity contribution in [1.82, 2.24) is 0 Å². The Morgan fingerprint density at radius 1 is 1.25 bits per heavy atom. The molecule has 0 spiro atoms. The summed E-state index contributed by atoms with van der Waals surface area (Å²) in [6, 6.07) is 0. The van der Waals surface area contributed by atoms with Crippen molar-refractivity contribution < 1.29 is 0 Å². The van der Waals surface area contributed by atoms with Crippen LogP contribution in [0.4, 0.5) is 0 Å². The normalized spacial score (nSPS) is 20.9. The van der Waals surface area contributed by atoms with E-state index in [-0.39, 0.29) is 5.41 Å². The fourth-order valence-electron chi connectivity index (χ4n) is 1.41. The lowest BCUT2D eigenvalue weighted by Crippen LogP contribution is -2.17. The van der Waals surface area contributed by atoms with Crippen LogP contribution in [0.5, 0.6) is 0 Å². The number of hydrogen-bond donors (Lipinski definition) is 1. The Labute approximate surface area is 99.4 Å². The summed E-state index contributed by atoms with van der Waals surface area (Å²) in [7, 11) is 0. The Morgan fingerprint density at radius 2 is 1.75 bits per heavy atom. The van der Waals surface area contributed by atoms with E-state index >= 15 is 0 Å². The van der Waals surface area contributed by atoms with Crippen LogP contribution >= 0.6 is 0 Å². The molecule has 0 aromatic rings. The first kappa shape index (κ1) is 13.1. The summed E-state index contributed by atoms with van der Waals surface area (Å²) in [5.41, 5.74) is 3.06. The zero-order chi connectivity index (χ0) is 12.6. The Balaban J connectivity index is 2.75. The van der Waals surface area contributed by atoms with E-state index in [1.54, 1.807) is 0 Å². The molecule has 0 amide bonds. The highest BCUT2D eigenvalue weighted by molar-refractivity contribution is 5.97. The van der Waals surface area contributed by atoms with Gasteiger partial charge < -0.3 is 5.41 Å². The van der Waals surface area contributed by atoms with Crippen molar-refractivity contribution in [2.75, 3.05) is 0 Å². The maximum atomic E-state index is 7.94. The highest BCUT2D eigenvalue weighted by Gasteiger charge is 2.40. The van der Waals surface area contributed by atoms with Gasteiger partial charge >= 0.3 is 0 Å². The van der Waals surface area contributed by atoms with E-state index in [1.165, 1.54) is 18.6 Å². The van der Waals surface area contributed by atoms with Crippen LogP contribution in [0.15, 0.2) is 16.8 Å². The van der Waals surface area contributed by atoms with E-state index in [4.69, 9.17) is 5.41 Å². The van der Waals surface area contributed by atoms with Crippen LogP contribution in [0.1, 0.15) is 54.4 Å². The number of allylic oxidation sites excluding steroid dienone is 2. The fraction of sp³-hybridized carbons (Fsp3) is 0.714. The number of nitrogens with one attached hydrogen (secondary N) is 1. The Kier molecular flexibility index (Phi) is 3.41. The quantitative estimate of drug-likeness (QED) is 0.691. The van der Waals surface area contributed by atoms with Gasteiger partial charge in [0.2, 0.25) is 0 Å². The lowest BCUT2D eigenvalue weighted by atomic mass is 9.89. The van der Waals surface area contributed by atoms with E-state index < -0.39 is 0 Å². The van der Waals surface area contributed by atoms with Gasteiger partial charge in [-0.3, -0.25) is 4.99 Å². The Bertz CT molecular complexity index is 349. The van der Waals surface area contributed by atoms with E-state index in [0.29, 0.717) is 11.1 Å². The van der Waals surface area contributed by atoms with Gasteiger partial charge in [-0.2, -0.15) is 0 Å². The summed E-state index contributed by atoms with van der Waals surface area (Å²) in [5.74, 6) is 0. The number of rotatable bonds is 3. The molecular formula is C14H24N2. The van der Waals surface area contributed by atoms with Crippen LogP contribution in [-0.2, 0) is 0 Å². The maximum Gasteiger partial charge on any atom is 0.0390 e. The third-order valence-corrected chi connectivity index (χ3v) is 3.38. The van der Waals surface area contributed by atoms with Crippen LogP contribution < -0.4 is 0 Å². The fourth-order valence-corrected chi connectivity index (χ4v) is 1.41. The number of aliphatic imine (C=N–C) groups is 1. The van der Waals surface area contributed by atoms with Crippen molar-refractivity contribution in [3.05, 3.63) is 11.8 Å². The van der Waals surface area contributed by atoms with Crippen LogP contribution in [0, 0.1) is 16.2 Å². The minimum atomic E-state index is -0.0891. The minimum absolute atomic E-state index is 0.0891. The maximum absolute atomic E-state index is 7.94. The minimum Gasteiger partial charge on any atom is -0.305 e. The third kappa shape index (κ3) is 3.29. The van der Waals surface area contributed by atoms with Crippen molar-refractivity contribution in [3.63, 3.8) is 0 Å². The van der Waals surface area contributed by atoms with Gasteiger partial charge in [-0.05, 0) is 32.8 Å². The number of hydrogen-bond acceptors (Lipinski definition) is 2. The highest BCUT2D eigenvalue weighted by Crippen LogP contribution is 2.46. The van der Waals surface area contributed by atoms with Gasteiger partial charge in [0.25, 0.3) is 0 Å². The molecule has 1 rings (SSSR count). The smallest absolute Gasteiger partial charge is 0.0390 e. The molecule has 0 aromatic carbocycles.